The SMILES string of the molecule is CC[C@H](C)NC(=O)CNC(=O)c1ccc(F)cc1. The molecule has 1 rings (SSSR count). The number of halogens is 1. The standard InChI is InChI=1S/C13H17FN2O2/c1-3-9(2)16-12(17)8-15-13(18)10-4-6-11(14)7-5-10/h4-7,9H,3,8H2,1-2H3,(H,15,18)(H,16,17)/t9-/m0/s1. The lowest BCUT2D eigenvalue weighted by Gasteiger charge is -2.11. The summed E-state index contributed by atoms with van der Waals surface area (Å²) in [6, 6.07) is 5.23. The second-order valence-electron chi connectivity index (χ2n) is 4.07. The minimum Gasteiger partial charge on any atom is -0.352 e. The molecule has 0 aliphatic heterocycles. The van der Waals surface area contributed by atoms with E-state index in [9.17, 15) is 14.0 Å². The molecule has 2 amide bonds. The van der Waals surface area contributed by atoms with Crippen molar-refractivity contribution in [3.8, 4) is 0 Å². The molecule has 0 radical (unpaired) electrons. The van der Waals surface area contributed by atoms with Crippen molar-refractivity contribution in [1.82, 2.24) is 10.6 Å². The van der Waals surface area contributed by atoms with Crippen molar-refractivity contribution >= 4 is 11.8 Å². The van der Waals surface area contributed by atoms with E-state index in [0.29, 0.717) is 5.56 Å². The molecular formula is C13H17FN2O2. The molecule has 0 fully saturated rings. The van der Waals surface area contributed by atoms with E-state index < -0.39 is 11.7 Å². The largest absolute Gasteiger partial charge is 0.352 e. The zero-order valence-corrected chi connectivity index (χ0v) is 10.5. The van der Waals surface area contributed by atoms with E-state index in [1.54, 1.807) is 0 Å². The molecule has 18 heavy (non-hydrogen) atoms. The third kappa shape index (κ3) is 4.53. The Balaban J connectivity index is 2.41. The molecule has 0 aromatic heterocycles. The number of carbonyl (C=O) groups excluding carboxylic acids is 2. The lowest BCUT2D eigenvalue weighted by atomic mass is 10.2. The summed E-state index contributed by atoms with van der Waals surface area (Å²) in [4.78, 5) is 23.0. The van der Waals surface area contributed by atoms with Crippen LogP contribution in [0.1, 0.15) is 30.6 Å². The van der Waals surface area contributed by atoms with E-state index in [4.69, 9.17) is 0 Å². The van der Waals surface area contributed by atoms with E-state index in [1.807, 2.05) is 13.8 Å². The molecule has 0 unspecified atom stereocenters. The van der Waals surface area contributed by atoms with Gasteiger partial charge in [-0.25, -0.2) is 4.39 Å². The summed E-state index contributed by atoms with van der Waals surface area (Å²) in [6.45, 7) is 3.77. The summed E-state index contributed by atoms with van der Waals surface area (Å²) in [7, 11) is 0. The van der Waals surface area contributed by atoms with Crippen LogP contribution in [0.3, 0.4) is 0 Å². The van der Waals surface area contributed by atoms with Crippen LogP contribution in [0.25, 0.3) is 0 Å². The normalized spacial score (nSPS) is 11.7. The molecule has 98 valence electrons. The Kier molecular flexibility index (Phi) is 5.30. The van der Waals surface area contributed by atoms with Crippen molar-refractivity contribution < 1.29 is 14.0 Å². The van der Waals surface area contributed by atoms with Gasteiger partial charge in [-0.05, 0) is 37.6 Å². The van der Waals surface area contributed by atoms with Crippen LogP contribution in [0.5, 0.6) is 0 Å². The third-order valence-corrected chi connectivity index (χ3v) is 2.54. The smallest absolute Gasteiger partial charge is 0.251 e. The van der Waals surface area contributed by atoms with Crippen molar-refractivity contribution in [3.05, 3.63) is 35.6 Å². The van der Waals surface area contributed by atoms with E-state index in [2.05, 4.69) is 10.6 Å². The minimum absolute atomic E-state index is 0.0828. The Bertz CT molecular complexity index is 418. The van der Waals surface area contributed by atoms with Gasteiger partial charge in [0.05, 0.1) is 6.54 Å². The van der Waals surface area contributed by atoms with Gasteiger partial charge in [-0.3, -0.25) is 9.59 Å². The van der Waals surface area contributed by atoms with Crippen molar-refractivity contribution in [3.63, 3.8) is 0 Å². The highest BCUT2D eigenvalue weighted by Crippen LogP contribution is 2.02. The second-order valence-corrected chi connectivity index (χ2v) is 4.07. The van der Waals surface area contributed by atoms with Gasteiger partial charge >= 0.3 is 0 Å². The van der Waals surface area contributed by atoms with Crippen LogP contribution < -0.4 is 10.6 Å². The topological polar surface area (TPSA) is 58.2 Å². The molecule has 0 saturated heterocycles. The lowest BCUT2D eigenvalue weighted by Crippen LogP contribution is -2.40. The van der Waals surface area contributed by atoms with E-state index in [1.165, 1.54) is 24.3 Å². The van der Waals surface area contributed by atoms with Crippen molar-refractivity contribution in [2.75, 3.05) is 6.54 Å². The molecule has 1 aromatic rings. The Labute approximate surface area is 106 Å². The maximum absolute atomic E-state index is 12.7. The first-order chi connectivity index (χ1) is 8.52. The average Bonchev–Trinajstić information content (AvgIpc) is 2.36. The third-order valence-electron chi connectivity index (χ3n) is 2.54. The van der Waals surface area contributed by atoms with Crippen LogP contribution in [0.2, 0.25) is 0 Å². The van der Waals surface area contributed by atoms with E-state index >= 15 is 0 Å². The highest BCUT2D eigenvalue weighted by Gasteiger charge is 2.09. The van der Waals surface area contributed by atoms with Gasteiger partial charge in [0.25, 0.3) is 5.91 Å². The minimum atomic E-state index is -0.402. The van der Waals surface area contributed by atoms with Gasteiger partial charge < -0.3 is 10.6 Å². The summed E-state index contributed by atoms with van der Waals surface area (Å²) in [5.74, 6) is -1.03. The first-order valence-corrected chi connectivity index (χ1v) is 5.86. The average molecular weight is 252 g/mol. The van der Waals surface area contributed by atoms with Gasteiger partial charge in [0.2, 0.25) is 5.91 Å². The van der Waals surface area contributed by atoms with E-state index in [0.717, 1.165) is 6.42 Å². The van der Waals surface area contributed by atoms with Crippen LogP contribution in [-0.4, -0.2) is 24.4 Å². The van der Waals surface area contributed by atoms with Crippen LogP contribution in [0, 0.1) is 5.82 Å². The molecule has 2 N–H and O–H groups in total. The van der Waals surface area contributed by atoms with Crippen LogP contribution in [0.15, 0.2) is 24.3 Å². The van der Waals surface area contributed by atoms with Crippen molar-refractivity contribution in [2.45, 2.75) is 26.3 Å². The van der Waals surface area contributed by atoms with Gasteiger partial charge in [-0.2, -0.15) is 0 Å². The quantitative estimate of drug-likeness (QED) is 0.833. The number of hydrogen-bond donors (Lipinski definition) is 2. The van der Waals surface area contributed by atoms with Gasteiger partial charge in [-0.1, -0.05) is 6.92 Å². The molecular weight excluding hydrogens is 235 g/mol. The fourth-order valence-electron chi connectivity index (χ4n) is 1.29. The number of carbonyl (C=O) groups is 2. The molecule has 0 aliphatic carbocycles. The molecule has 5 heteroatoms. The van der Waals surface area contributed by atoms with Gasteiger partial charge in [0.15, 0.2) is 0 Å². The fourth-order valence-corrected chi connectivity index (χ4v) is 1.29. The summed E-state index contributed by atoms with van der Waals surface area (Å²) in [6.07, 6.45) is 0.831. The summed E-state index contributed by atoms with van der Waals surface area (Å²) in [5.41, 5.74) is 0.327. The number of amides is 2. The van der Waals surface area contributed by atoms with Crippen molar-refractivity contribution in [2.24, 2.45) is 0 Å². The first kappa shape index (κ1) is 14.2. The van der Waals surface area contributed by atoms with Crippen LogP contribution in [0.4, 0.5) is 4.39 Å². The Morgan fingerprint density at radius 3 is 2.44 bits per heavy atom. The zero-order chi connectivity index (χ0) is 13.5. The molecule has 1 atom stereocenters. The summed E-state index contributed by atoms with van der Waals surface area (Å²) in [5, 5.41) is 5.21. The molecule has 4 nitrogen and oxygen atoms in total. The summed E-state index contributed by atoms with van der Waals surface area (Å²) < 4.78 is 12.7. The molecule has 0 aliphatic rings. The van der Waals surface area contributed by atoms with Gasteiger partial charge in [0.1, 0.15) is 5.82 Å². The number of hydrogen-bond acceptors (Lipinski definition) is 2. The molecule has 0 bridgehead atoms. The Hall–Kier alpha value is -1.91. The maximum atomic E-state index is 12.7. The van der Waals surface area contributed by atoms with Gasteiger partial charge in [0, 0.05) is 11.6 Å². The van der Waals surface area contributed by atoms with Crippen LogP contribution in [-0.2, 0) is 4.79 Å². The zero-order valence-electron chi connectivity index (χ0n) is 10.5. The Morgan fingerprint density at radius 1 is 1.28 bits per heavy atom. The lowest BCUT2D eigenvalue weighted by molar-refractivity contribution is -0.120. The monoisotopic (exact) mass is 252 g/mol. The van der Waals surface area contributed by atoms with Crippen LogP contribution >= 0.6 is 0 Å². The predicted octanol–water partition coefficient (Wildman–Crippen LogP) is 1.47. The highest BCUT2D eigenvalue weighted by molar-refractivity contribution is 5.96. The number of nitrogens with one attached hydrogen (secondary N) is 2. The van der Waals surface area contributed by atoms with Crippen molar-refractivity contribution in [1.29, 1.82) is 0 Å². The fraction of sp³-hybridized carbons (Fsp3) is 0.385. The second kappa shape index (κ2) is 6.74. The molecule has 0 spiro atoms. The van der Waals surface area contributed by atoms with E-state index in [-0.39, 0.29) is 18.5 Å². The highest BCUT2D eigenvalue weighted by atomic mass is 19.1. The maximum Gasteiger partial charge on any atom is 0.251 e. The first-order valence-electron chi connectivity index (χ1n) is 5.86. The molecule has 1 aromatic carbocycles. The molecule has 0 heterocycles. The predicted molar refractivity (Wildman–Crippen MR) is 66.6 cm³/mol. The number of benzene rings is 1. The van der Waals surface area contributed by atoms with Gasteiger partial charge in [-0.15, -0.1) is 0 Å². The Morgan fingerprint density at radius 2 is 1.89 bits per heavy atom. The number of rotatable bonds is 5. The molecule has 0 saturated carbocycles. The summed E-state index contributed by atoms with van der Waals surface area (Å²) >= 11 is 0.